The largest absolute Gasteiger partial charge is 0.399 e. The summed E-state index contributed by atoms with van der Waals surface area (Å²) in [5, 5.41) is 0. The van der Waals surface area contributed by atoms with E-state index in [2.05, 4.69) is 0 Å². The normalized spacial score (nSPS) is 13.6. The van der Waals surface area contributed by atoms with E-state index in [0.717, 1.165) is 6.42 Å². The molecule has 0 saturated carbocycles. The van der Waals surface area contributed by atoms with E-state index < -0.39 is 5.82 Å². The van der Waals surface area contributed by atoms with Gasteiger partial charge in [0.15, 0.2) is 0 Å². The summed E-state index contributed by atoms with van der Waals surface area (Å²) in [7, 11) is 0. The van der Waals surface area contributed by atoms with Crippen molar-refractivity contribution in [3.05, 3.63) is 23.5 Å². The number of fused-ring (bicyclic) bond motifs is 1. The van der Waals surface area contributed by atoms with E-state index in [1.165, 1.54) is 11.0 Å². The van der Waals surface area contributed by atoms with E-state index in [4.69, 9.17) is 5.73 Å². The summed E-state index contributed by atoms with van der Waals surface area (Å²) >= 11 is 0. The molecule has 1 heterocycles. The molecule has 1 aliphatic rings. The third-order valence-corrected chi connectivity index (χ3v) is 2.52. The second-order valence-corrected chi connectivity index (χ2v) is 3.73. The number of amides is 1. The van der Waals surface area contributed by atoms with Crippen LogP contribution in [0.25, 0.3) is 0 Å². The van der Waals surface area contributed by atoms with Crippen molar-refractivity contribution in [1.29, 1.82) is 0 Å². The van der Waals surface area contributed by atoms with Crippen molar-refractivity contribution in [1.82, 2.24) is 0 Å². The molecule has 5 heteroatoms. The van der Waals surface area contributed by atoms with Crippen molar-refractivity contribution in [2.24, 2.45) is 0 Å². The predicted octanol–water partition coefficient (Wildman–Crippen LogP) is 1.70. The summed E-state index contributed by atoms with van der Waals surface area (Å²) in [6.45, 7) is 2.52. The fourth-order valence-electron chi connectivity index (χ4n) is 1.96. The van der Waals surface area contributed by atoms with Gasteiger partial charge in [-0.1, -0.05) is 6.92 Å². The molecule has 2 N–H and O–H groups in total. The van der Waals surface area contributed by atoms with Gasteiger partial charge in [-0.25, -0.2) is 4.39 Å². The van der Waals surface area contributed by atoms with Crippen LogP contribution in [-0.2, 0) is 28.3 Å². The quantitative estimate of drug-likeness (QED) is 0.652. The monoisotopic (exact) mass is 264 g/mol. The molecule has 1 aromatic rings. The van der Waals surface area contributed by atoms with Gasteiger partial charge in [-0.2, -0.15) is 0 Å². The van der Waals surface area contributed by atoms with Crippen LogP contribution < -0.4 is 10.6 Å². The second kappa shape index (κ2) is 4.85. The Hall–Kier alpha value is -1.06. The number of halogens is 1. The third kappa shape index (κ3) is 2.06. The number of rotatable bonds is 2. The Morgan fingerprint density at radius 3 is 2.81 bits per heavy atom. The molecule has 16 heavy (non-hydrogen) atoms. The number of nitrogens with two attached hydrogens (primary N) is 1. The van der Waals surface area contributed by atoms with Crippen molar-refractivity contribution < 1.29 is 26.3 Å². The van der Waals surface area contributed by atoms with E-state index in [1.54, 1.807) is 6.07 Å². The van der Waals surface area contributed by atoms with Gasteiger partial charge < -0.3 is 10.6 Å². The first-order valence-corrected chi connectivity index (χ1v) is 5.01. The molecule has 88 valence electrons. The maximum Gasteiger partial charge on any atom is 0.231 e. The Morgan fingerprint density at radius 1 is 1.50 bits per heavy atom. The molecule has 0 aromatic heterocycles. The van der Waals surface area contributed by atoms with Crippen LogP contribution in [0, 0.1) is 5.82 Å². The molecule has 2 rings (SSSR count). The molecule has 0 bridgehead atoms. The first-order valence-electron chi connectivity index (χ1n) is 5.01. The average molecular weight is 264 g/mol. The smallest absolute Gasteiger partial charge is 0.231 e. The van der Waals surface area contributed by atoms with Gasteiger partial charge >= 0.3 is 0 Å². The van der Waals surface area contributed by atoms with Crippen LogP contribution in [0.3, 0.4) is 0 Å². The van der Waals surface area contributed by atoms with Crippen LogP contribution in [0.2, 0.25) is 0 Å². The van der Waals surface area contributed by atoms with E-state index in [1.807, 2.05) is 6.92 Å². The molecule has 0 saturated heterocycles. The minimum Gasteiger partial charge on any atom is -0.399 e. The second-order valence-electron chi connectivity index (χ2n) is 3.73. The van der Waals surface area contributed by atoms with Crippen LogP contribution >= 0.6 is 0 Å². The number of nitrogen functional groups attached to an aromatic ring is 1. The van der Waals surface area contributed by atoms with Crippen LogP contribution in [0.15, 0.2) is 12.1 Å². The maximum atomic E-state index is 13.6. The van der Waals surface area contributed by atoms with Gasteiger partial charge in [0, 0.05) is 29.3 Å². The minimum atomic E-state index is -0.399. The van der Waals surface area contributed by atoms with Gasteiger partial charge in [-0.3, -0.25) is 4.79 Å². The molecular weight excluding hydrogens is 251 g/mol. The zero-order valence-corrected chi connectivity index (χ0v) is 10.0. The summed E-state index contributed by atoms with van der Waals surface area (Å²) in [6, 6.07) is 2.94. The first-order chi connectivity index (χ1) is 7.13. The van der Waals surface area contributed by atoms with Gasteiger partial charge in [0.1, 0.15) is 5.82 Å². The molecule has 1 amide bonds. The van der Waals surface area contributed by atoms with Crippen LogP contribution in [0.4, 0.5) is 15.8 Å². The summed E-state index contributed by atoms with van der Waals surface area (Å²) in [6.07, 6.45) is 1.08. The van der Waals surface area contributed by atoms with Gasteiger partial charge in [0.05, 0.1) is 12.1 Å². The molecule has 1 aliphatic heterocycles. The maximum absolute atomic E-state index is 13.6. The number of hydrogen-bond acceptors (Lipinski definition) is 2. The minimum absolute atomic E-state index is 0. The predicted molar refractivity (Wildman–Crippen MR) is 57.2 cm³/mol. The van der Waals surface area contributed by atoms with E-state index in [0.29, 0.717) is 23.5 Å². The molecule has 0 spiro atoms. The molecule has 3 nitrogen and oxygen atoms in total. The molecule has 0 aliphatic carbocycles. The zero-order valence-electron chi connectivity index (χ0n) is 8.94. The van der Waals surface area contributed by atoms with Crippen LogP contribution in [0.5, 0.6) is 0 Å². The number of anilines is 2. The fourth-order valence-corrected chi connectivity index (χ4v) is 1.96. The van der Waals surface area contributed by atoms with Crippen molar-refractivity contribution in [3.63, 3.8) is 0 Å². The number of nitrogens with zero attached hydrogens (tertiary/aromatic N) is 1. The number of benzene rings is 1. The Labute approximate surface area is 104 Å². The Balaban J connectivity index is 0.00000128. The summed E-state index contributed by atoms with van der Waals surface area (Å²) in [5.74, 6) is -0.444. The molecule has 0 fully saturated rings. The van der Waals surface area contributed by atoms with Gasteiger partial charge in [-0.05, 0) is 24.1 Å². The Bertz CT molecular complexity index is 423. The van der Waals surface area contributed by atoms with Crippen molar-refractivity contribution in [2.45, 2.75) is 19.8 Å². The molecule has 0 atom stereocenters. The van der Waals surface area contributed by atoms with Gasteiger partial charge in [-0.15, -0.1) is 0 Å². The summed E-state index contributed by atoms with van der Waals surface area (Å²) < 4.78 is 13.6. The topological polar surface area (TPSA) is 46.3 Å². The number of carbonyl (C=O) groups excluding carboxylic acids is 1. The fraction of sp³-hybridized carbons (Fsp3) is 0.364. The summed E-state index contributed by atoms with van der Waals surface area (Å²) in [5.41, 5.74) is 7.01. The van der Waals surface area contributed by atoms with Crippen molar-refractivity contribution >= 4 is 17.3 Å². The molecule has 0 radical (unpaired) electrons. The first kappa shape index (κ1) is 13.0. The van der Waals surface area contributed by atoms with E-state index in [9.17, 15) is 9.18 Å². The Morgan fingerprint density at radius 2 is 2.19 bits per heavy atom. The van der Waals surface area contributed by atoms with E-state index >= 15 is 0 Å². The molecule has 0 unspecified atom stereocenters. The number of hydrogen-bond donors (Lipinski definition) is 1. The average Bonchev–Trinajstić information content (AvgIpc) is 2.43. The van der Waals surface area contributed by atoms with Crippen LogP contribution in [-0.4, -0.2) is 12.5 Å². The molecule has 1 aromatic carbocycles. The third-order valence-electron chi connectivity index (χ3n) is 2.52. The number of carbonyl (C=O) groups is 1. The van der Waals surface area contributed by atoms with Gasteiger partial charge in [0.2, 0.25) is 5.91 Å². The van der Waals surface area contributed by atoms with Crippen LogP contribution in [0.1, 0.15) is 18.9 Å². The Kier molecular flexibility index (Phi) is 3.94. The zero-order chi connectivity index (χ0) is 11.0. The van der Waals surface area contributed by atoms with Crippen molar-refractivity contribution in [3.8, 4) is 0 Å². The van der Waals surface area contributed by atoms with E-state index in [-0.39, 0.29) is 29.4 Å². The molecular formula is C11H13FFeN2O. The standard InChI is InChI=1S/C11H13FN2O.Fe/c1-2-3-14-10(15)5-7-4-8(13)6-9(12)11(7)14;/h4,6H,2-3,5,13H2,1H3;. The SMILES string of the molecule is CCCN1C(=O)Cc2cc(N)cc(F)c21.[Fe]. The van der Waals surface area contributed by atoms with Crippen molar-refractivity contribution in [2.75, 3.05) is 17.2 Å². The van der Waals surface area contributed by atoms with Gasteiger partial charge in [0.25, 0.3) is 0 Å². The summed E-state index contributed by atoms with van der Waals surface area (Å²) in [4.78, 5) is 13.1.